The third-order valence-corrected chi connectivity index (χ3v) is 6.68. The first kappa shape index (κ1) is 18.0. The van der Waals surface area contributed by atoms with Crippen molar-refractivity contribution in [3.63, 3.8) is 0 Å². The fraction of sp³-hybridized carbons (Fsp3) is 0.346. The average Bonchev–Trinajstić information content (AvgIpc) is 2.88. The molecular formula is C26H28O. The van der Waals surface area contributed by atoms with Crippen LogP contribution in [0.15, 0.2) is 66.3 Å². The Morgan fingerprint density at radius 2 is 1.48 bits per heavy atom. The van der Waals surface area contributed by atoms with Crippen LogP contribution in [0.25, 0.3) is 6.08 Å². The van der Waals surface area contributed by atoms with E-state index in [9.17, 15) is 4.79 Å². The van der Waals surface area contributed by atoms with E-state index >= 15 is 0 Å². The molecule has 0 heterocycles. The van der Waals surface area contributed by atoms with E-state index in [1.54, 1.807) is 0 Å². The zero-order valence-electron chi connectivity index (χ0n) is 16.8. The molecule has 4 rings (SSSR count). The maximum atomic E-state index is 13.0. The van der Waals surface area contributed by atoms with Gasteiger partial charge in [-0.2, -0.15) is 0 Å². The molecule has 0 aliphatic heterocycles. The summed E-state index contributed by atoms with van der Waals surface area (Å²) in [5.41, 5.74) is 6.01. The smallest absolute Gasteiger partial charge is 0.143 e. The summed E-state index contributed by atoms with van der Waals surface area (Å²) in [4.78, 5) is 13.0. The second kappa shape index (κ2) is 6.34. The molecule has 2 aromatic carbocycles. The molecule has 1 heteroatoms. The predicted molar refractivity (Wildman–Crippen MR) is 113 cm³/mol. The van der Waals surface area contributed by atoms with Gasteiger partial charge in [0.25, 0.3) is 0 Å². The Morgan fingerprint density at radius 3 is 2.11 bits per heavy atom. The molecule has 3 atom stereocenters. The molecule has 1 fully saturated rings. The highest BCUT2D eigenvalue weighted by atomic mass is 16.1. The van der Waals surface area contributed by atoms with Crippen LogP contribution in [0.4, 0.5) is 0 Å². The van der Waals surface area contributed by atoms with Gasteiger partial charge in [0, 0.05) is 23.2 Å². The largest absolute Gasteiger partial charge is 0.299 e. The van der Waals surface area contributed by atoms with Crippen molar-refractivity contribution in [2.45, 2.75) is 46.5 Å². The van der Waals surface area contributed by atoms with Gasteiger partial charge < -0.3 is 0 Å². The van der Waals surface area contributed by atoms with Crippen LogP contribution in [-0.4, -0.2) is 5.78 Å². The quantitative estimate of drug-likeness (QED) is 0.620. The van der Waals surface area contributed by atoms with Crippen LogP contribution in [0.1, 0.15) is 54.9 Å². The number of allylic oxidation sites excluding steroid dienone is 3. The molecule has 0 amide bonds. The highest BCUT2D eigenvalue weighted by Crippen LogP contribution is 2.61. The molecule has 0 saturated heterocycles. The summed E-state index contributed by atoms with van der Waals surface area (Å²) in [6.07, 6.45) is 8.22. The van der Waals surface area contributed by atoms with Crippen molar-refractivity contribution < 1.29 is 4.79 Å². The fourth-order valence-corrected chi connectivity index (χ4v) is 4.96. The summed E-state index contributed by atoms with van der Waals surface area (Å²) in [6.45, 7) is 8.68. The van der Waals surface area contributed by atoms with Crippen molar-refractivity contribution in [1.82, 2.24) is 0 Å². The first-order chi connectivity index (χ1) is 12.8. The lowest BCUT2D eigenvalue weighted by Gasteiger charge is -2.43. The molecule has 2 aliphatic rings. The number of hydrogen-bond acceptors (Lipinski definition) is 1. The van der Waals surface area contributed by atoms with Crippen molar-refractivity contribution >= 4 is 11.9 Å². The predicted octanol–water partition coefficient (Wildman–Crippen LogP) is 6.42. The van der Waals surface area contributed by atoms with Crippen LogP contribution in [0, 0.1) is 24.7 Å². The summed E-state index contributed by atoms with van der Waals surface area (Å²) in [5, 5.41) is 0. The molecule has 0 N–H and O–H groups in total. The number of aryl methyl sites for hydroxylation is 2. The van der Waals surface area contributed by atoms with Gasteiger partial charge in [0.2, 0.25) is 0 Å². The van der Waals surface area contributed by atoms with Gasteiger partial charge in [-0.3, -0.25) is 4.79 Å². The molecule has 3 unspecified atom stereocenters. The second-order valence-electron chi connectivity index (χ2n) is 8.95. The molecule has 1 nitrogen and oxygen atoms in total. The molecule has 1 saturated carbocycles. The standard InChI is InChI=1S/C26H28O/c1-18-5-9-20(10-6-18)11-14-22-16-25(3)17-26(22,4)23(15-24(25)27)21-12-7-19(2)8-13-21/h5-14,16,23H,15,17H2,1-4H3/b14-11+. The lowest BCUT2D eigenvalue weighted by Crippen LogP contribution is -2.39. The zero-order valence-corrected chi connectivity index (χ0v) is 16.8. The average molecular weight is 357 g/mol. The van der Waals surface area contributed by atoms with Crippen molar-refractivity contribution in [3.8, 4) is 0 Å². The number of ketones is 1. The normalized spacial score (nSPS) is 30.0. The van der Waals surface area contributed by atoms with Crippen LogP contribution in [0.3, 0.4) is 0 Å². The number of fused-ring (bicyclic) bond motifs is 2. The number of hydrogen-bond donors (Lipinski definition) is 0. The molecule has 0 radical (unpaired) electrons. The van der Waals surface area contributed by atoms with Crippen LogP contribution < -0.4 is 0 Å². The summed E-state index contributed by atoms with van der Waals surface area (Å²) < 4.78 is 0. The third-order valence-electron chi connectivity index (χ3n) is 6.68. The van der Waals surface area contributed by atoms with Crippen molar-refractivity contribution in [3.05, 3.63) is 88.5 Å². The molecule has 138 valence electrons. The molecular weight excluding hydrogens is 328 g/mol. The Morgan fingerprint density at radius 1 is 0.889 bits per heavy atom. The van der Waals surface area contributed by atoms with E-state index in [0.29, 0.717) is 12.2 Å². The van der Waals surface area contributed by atoms with Crippen LogP contribution in [-0.2, 0) is 4.79 Å². The molecule has 2 bridgehead atoms. The van der Waals surface area contributed by atoms with Crippen LogP contribution >= 0.6 is 0 Å². The maximum absolute atomic E-state index is 13.0. The minimum atomic E-state index is -0.317. The van der Waals surface area contributed by atoms with Gasteiger partial charge in [0.15, 0.2) is 0 Å². The topological polar surface area (TPSA) is 17.1 Å². The third kappa shape index (κ3) is 3.10. The van der Waals surface area contributed by atoms with E-state index in [-0.39, 0.29) is 16.7 Å². The Hall–Kier alpha value is -2.41. The van der Waals surface area contributed by atoms with Crippen LogP contribution in [0.5, 0.6) is 0 Å². The highest BCUT2D eigenvalue weighted by Gasteiger charge is 2.55. The lowest BCUT2D eigenvalue weighted by atomic mass is 9.59. The van der Waals surface area contributed by atoms with Gasteiger partial charge in [0.05, 0.1) is 0 Å². The Kier molecular flexibility index (Phi) is 4.22. The first-order valence-electron chi connectivity index (χ1n) is 9.88. The Bertz CT molecular complexity index is 929. The minimum Gasteiger partial charge on any atom is -0.299 e. The number of benzene rings is 2. The van der Waals surface area contributed by atoms with Crippen LogP contribution in [0.2, 0.25) is 0 Å². The summed E-state index contributed by atoms with van der Waals surface area (Å²) in [5.74, 6) is 0.624. The fourth-order valence-electron chi connectivity index (χ4n) is 4.96. The van der Waals surface area contributed by atoms with Gasteiger partial charge in [-0.1, -0.05) is 84.8 Å². The summed E-state index contributed by atoms with van der Waals surface area (Å²) in [6, 6.07) is 17.3. The number of carbonyl (C=O) groups is 1. The van der Waals surface area contributed by atoms with E-state index in [1.807, 2.05) is 0 Å². The minimum absolute atomic E-state index is 0.000878. The van der Waals surface area contributed by atoms with Crippen molar-refractivity contribution in [2.75, 3.05) is 0 Å². The monoisotopic (exact) mass is 356 g/mol. The first-order valence-corrected chi connectivity index (χ1v) is 9.88. The van der Waals surface area contributed by atoms with Gasteiger partial charge in [0.1, 0.15) is 5.78 Å². The van der Waals surface area contributed by atoms with E-state index < -0.39 is 0 Å². The Labute approximate surface area is 162 Å². The van der Waals surface area contributed by atoms with Gasteiger partial charge in [-0.05, 0) is 43.9 Å². The van der Waals surface area contributed by atoms with E-state index in [4.69, 9.17) is 0 Å². The van der Waals surface area contributed by atoms with Gasteiger partial charge in [-0.15, -0.1) is 0 Å². The highest BCUT2D eigenvalue weighted by molar-refractivity contribution is 5.90. The SMILES string of the molecule is Cc1ccc(/C=C/C2=CC3(C)CC2(C)C(c2ccc(C)cc2)CC3=O)cc1. The molecule has 0 aromatic heterocycles. The van der Waals surface area contributed by atoms with E-state index in [2.05, 4.69) is 94.5 Å². The van der Waals surface area contributed by atoms with Crippen molar-refractivity contribution in [1.29, 1.82) is 0 Å². The maximum Gasteiger partial charge on any atom is 0.143 e. The number of rotatable bonds is 3. The molecule has 0 spiro atoms. The Balaban J connectivity index is 1.72. The second-order valence-corrected chi connectivity index (χ2v) is 8.95. The zero-order chi connectivity index (χ0) is 19.2. The summed E-state index contributed by atoms with van der Waals surface area (Å²) >= 11 is 0. The number of Topliss-reactive ketones (excluding diaryl/α,β-unsaturated/α-hetero) is 1. The molecule has 27 heavy (non-hydrogen) atoms. The van der Waals surface area contributed by atoms with Crippen molar-refractivity contribution in [2.24, 2.45) is 10.8 Å². The molecule has 2 aromatic rings. The lowest BCUT2D eigenvalue weighted by molar-refractivity contribution is -0.130. The van der Waals surface area contributed by atoms with Gasteiger partial charge >= 0.3 is 0 Å². The van der Waals surface area contributed by atoms with Gasteiger partial charge in [-0.25, -0.2) is 0 Å². The molecule has 2 aliphatic carbocycles. The summed E-state index contributed by atoms with van der Waals surface area (Å²) in [7, 11) is 0. The van der Waals surface area contributed by atoms with E-state index in [1.165, 1.54) is 27.8 Å². The van der Waals surface area contributed by atoms with E-state index in [0.717, 1.165) is 6.42 Å². The number of carbonyl (C=O) groups excluding carboxylic acids is 1.